The van der Waals surface area contributed by atoms with Crippen LogP contribution in [0.4, 0.5) is 0 Å². The number of allylic oxidation sites excluding steroid dienone is 1. The Morgan fingerprint density at radius 3 is 3.06 bits per heavy atom. The molecule has 0 amide bonds. The van der Waals surface area contributed by atoms with Crippen LogP contribution in [0.2, 0.25) is 0 Å². The standard InChI is InChI=1S/C13H14N2O2S/c1-3-8-15-11-7-5-4-6-10(11)14-13(15)18-9-12(16)17-2/h3-7H,1,8-9H2,2H3. The molecule has 2 rings (SSSR count). The first-order valence-corrected chi connectivity index (χ1v) is 6.50. The molecule has 0 N–H and O–H groups in total. The molecule has 94 valence electrons. The lowest BCUT2D eigenvalue weighted by Crippen LogP contribution is -2.05. The fourth-order valence-electron chi connectivity index (χ4n) is 1.65. The lowest BCUT2D eigenvalue weighted by molar-refractivity contribution is -0.137. The maximum atomic E-state index is 11.2. The average molecular weight is 262 g/mol. The second-order valence-electron chi connectivity index (χ2n) is 3.65. The minimum absolute atomic E-state index is 0.253. The van der Waals surface area contributed by atoms with Gasteiger partial charge in [-0.1, -0.05) is 30.0 Å². The largest absolute Gasteiger partial charge is 0.468 e. The van der Waals surface area contributed by atoms with E-state index in [2.05, 4.69) is 16.3 Å². The van der Waals surface area contributed by atoms with E-state index in [1.807, 2.05) is 34.9 Å². The van der Waals surface area contributed by atoms with E-state index in [0.717, 1.165) is 16.2 Å². The van der Waals surface area contributed by atoms with Gasteiger partial charge in [0.15, 0.2) is 5.16 Å². The van der Waals surface area contributed by atoms with Crippen molar-refractivity contribution >= 4 is 28.8 Å². The number of esters is 1. The molecule has 0 spiro atoms. The number of fused-ring (bicyclic) bond motifs is 1. The number of methoxy groups -OCH3 is 1. The third-order valence-corrected chi connectivity index (χ3v) is 3.43. The third-order valence-electron chi connectivity index (χ3n) is 2.48. The molecule has 0 aliphatic rings. The van der Waals surface area contributed by atoms with E-state index in [4.69, 9.17) is 0 Å². The van der Waals surface area contributed by atoms with Crippen molar-refractivity contribution in [2.24, 2.45) is 0 Å². The van der Waals surface area contributed by atoms with Crippen molar-refractivity contribution in [3.05, 3.63) is 36.9 Å². The molecule has 0 unspecified atom stereocenters. The zero-order valence-corrected chi connectivity index (χ0v) is 10.9. The zero-order chi connectivity index (χ0) is 13.0. The topological polar surface area (TPSA) is 44.1 Å². The van der Waals surface area contributed by atoms with Gasteiger partial charge in [0.2, 0.25) is 0 Å². The molecule has 18 heavy (non-hydrogen) atoms. The van der Waals surface area contributed by atoms with Crippen molar-refractivity contribution in [1.29, 1.82) is 0 Å². The van der Waals surface area contributed by atoms with E-state index in [-0.39, 0.29) is 11.7 Å². The number of benzene rings is 1. The number of carbonyl (C=O) groups excluding carboxylic acids is 1. The maximum Gasteiger partial charge on any atom is 0.316 e. The van der Waals surface area contributed by atoms with Crippen molar-refractivity contribution < 1.29 is 9.53 Å². The summed E-state index contributed by atoms with van der Waals surface area (Å²) in [6.45, 7) is 4.42. The van der Waals surface area contributed by atoms with Crippen LogP contribution in [-0.2, 0) is 16.1 Å². The molecule has 4 nitrogen and oxygen atoms in total. The minimum Gasteiger partial charge on any atom is -0.468 e. The molecule has 0 radical (unpaired) electrons. The van der Waals surface area contributed by atoms with E-state index < -0.39 is 0 Å². The number of nitrogens with zero attached hydrogens (tertiary/aromatic N) is 2. The summed E-state index contributed by atoms with van der Waals surface area (Å²) < 4.78 is 6.67. The highest BCUT2D eigenvalue weighted by atomic mass is 32.2. The molecule has 0 fully saturated rings. The molecule has 1 aromatic carbocycles. The van der Waals surface area contributed by atoms with Gasteiger partial charge in [-0.3, -0.25) is 4.79 Å². The number of rotatable bonds is 5. The second kappa shape index (κ2) is 5.73. The molecular weight excluding hydrogens is 248 g/mol. The molecule has 1 aromatic heterocycles. The van der Waals surface area contributed by atoms with Gasteiger partial charge in [0.1, 0.15) is 0 Å². The number of hydrogen-bond acceptors (Lipinski definition) is 4. The predicted octanol–water partition coefficient (Wildman–Crippen LogP) is 2.49. The fourth-order valence-corrected chi connectivity index (χ4v) is 2.51. The number of para-hydroxylation sites is 2. The molecule has 0 atom stereocenters. The van der Waals surface area contributed by atoms with Crippen LogP contribution in [0.15, 0.2) is 42.1 Å². The number of thioether (sulfide) groups is 1. The van der Waals surface area contributed by atoms with E-state index >= 15 is 0 Å². The summed E-state index contributed by atoms with van der Waals surface area (Å²) in [4.78, 5) is 15.7. The zero-order valence-electron chi connectivity index (χ0n) is 10.1. The summed E-state index contributed by atoms with van der Waals surface area (Å²) >= 11 is 1.37. The molecular formula is C13H14N2O2S. The van der Waals surface area contributed by atoms with Crippen LogP contribution in [-0.4, -0.2) is 28.4 Å². The molecule has 0 saturated carbocycles. The lowest BCUT2D eigenvalue weighted by atomic mass is 10.3. The van der Waals surface area contributed by atoms with Gasteiger partial charge in [-0.15, -0.1) is 6.58 Å². The summed E-state index contributed by atoms with van der Waals surface area (Å²) in [6.07, 6.45) is 1.82. The Kier molecular flexibility index (Phi) is 4.04. The molecule has 0 saturated heterocycles. The summed E-state index contributed by atoms with van der Waals surface area (Å²) in [6, 6.07) is 7.88. The highest BCUT2D eigenvalue weighted by molar-refractivity contribution is 7.99. The van der Waals surface area contributed by atoms with Crippen LogP contribution in [0.1, 0.15) is 0 Å². The summed E-state index contributed by atoms with van der Waals surface area (Å²) in [5, 5.41) is 0.807. The molecule has 0 aliphatic carbocycles. The van der Waals surface area contributed by atoms with Gasteiger partial charge in [-0.25, -0.2) is 4.98 Å². The number of hydrogen-bond donors (Lipinski definition) is 0. The average Bonchev–Trinajstić information content (AvgIpc) is 2.75. The first kappa shape index (κ1) is 12.7. The summed E-state index contributed by atoms with van der Waals surface area (Å²) in [5.74, 6) is 0.00829. The van der Waals surface area contributed by atoms with Crippen molar-refractivity contribution in [2.45, 2.75) is 11.7 Å². The second-order valence-corrected chi connectivity index (χ2v) is 4.59. The van der Waals surface area contributed by atoms with E-state index in [1.54, 1.807) is 0 Å². The van der Waals surface area contributed by atoms with E-state index in [1.165, 1.54) is 18.9 Å². The van der Waals surface area contributed by atoms with Gasteiger partial charge in [-0.2, -0.15) is 0 Å². The lowest BCUT2D eigenvalue weighted by Gasteiger charge is -2.05. The molecule has 2 aromatic rings. The van der Waals surface area contributed by atoms with E-state index in [0.29, 0.717) is 6.54 Å². The van der Waals surface area contributed by atoms with Gasteiger partial charge < -0.3 is 9.30 Å². The maximum absolute atomic E-state index is 11.2. The number of imidazole rings is 1. The minimum atomic E-state index is -0.253. The molecule has 5 heteroatoms. The smallest absolute Gasteiger partial charge is 0.316 e. The first-order valence-electron chi connectivity index (χ1n) is 5.52. The Balaban J connectivity index is 2.33. The van der Waals surface area contributed by atoms with Crippen LogP contribution < -0.4 is 0 Å². The van der Waals surface area contributed by atoms with Crippen LogP contribution in [0.5, 0.6) is 0 Å². The van der Waals surface area contributed by atoms with Crippen molar-refractivity contribution in [3.63, 3.8) is 0 Å². The monoisotopic (exact) mass is 262 g/mol. The number of ether oxygens (including phenoxy) is 1. The van der Waals surface area contributed by atoms with Crippen molar-refractivity contribution in [1.82, 2.24) is 9.55 Å². The SMILES string of the molecule is C=CCn1c(SCC(=O)OC)nc2ccccc21. The van der Waals surface area contributed by atoms with Crippen molar-refractivity contribution in [2.75, 3.05) is 12.9 Å². The van der Waals surface area contributed by atoms with Gasteiger partial charge in [0, 0.05) is 6.54 Å². The third kappa shape index (κ3) is 2.56. The summed E-state index contributed by atoms with van der Waals surface area (Å²) in [5.41, 5.74) is 1.97. The fraction of sp³-hybridized carbons (Fsp3) is 0.231. The highest BCUT2D eigenvalue weighted by Crippen LogP contribution is 2.24. The van der Waals surface area contributed by atoms with Gasteiger partial charge in [0.25, 0.3) is 0 Å². The molecule has 0 bridgehead atoms. The normalized spacial score (nSPS) is 10.5. The Morgan fingerprint density at radius 2 is 2.33 bits per heavy atom. The van der Waals surface area contributed by atoms with Crippen molar-refractivity contribution in [3.8, 4) is 0 Å². The number of aromatic nitrogens is 2. The predicted molar refractivity (Wildman–Crippen MR) is 72.7 cm³/mol. The van der Waals surface area contributed by atoms with Crippen LogP contribution in [0.25, 0.3) is 11.0 Å². The molecule has 0 aliphatic heterocycles. The Bertz CT molecular complexity index is 577. The van der Waals surface area contributed by atoms with Crippen LogP contribution >= 0.6 is 11.8 Å². The van der Waals surface area contributed by atoms with Gasteiger partial charge in [-0.05, 0) is 12.1 Å². The van der Waals surface area contributed by atoms with E-state index in [9.17, 15) is 4.79 Å². The van der Waals surface area contributed by atoms with Gasteiger partial charge in [0.05, 0.1) is 23.9 Å². The van der Waals surface area contributed by atoms with Crippen LogP contribution in [0, 0.1) is 0 Å². The summed E-state index contributed by atoms with van der Waals surface area (Å²) in [7, 11) is 1.38. The Morgan fingerprint density at radius 1 is 1.56 bits per heavy atom. The Hall–Kier alpha value is -1.75. The first-order chi connectivity index (χ1) is 8.76. The Labute approximate surface area is 110 Å². The molecule has 1 heterocycles. The van der Waals surface area contributed by atoms with Crippen LogP contribution in [0.3, 0.4) is 0 Å². The van der Waals surface area contributed by atoms with Gasteiger partial charge >= 0.3 is 5.97 Å². The number of carbonyl (C=O) groups is 1. The quantitative estimate of drug-likeness (QED) is 0.472. The highest BCUT2D eigenvalue weighted by Gasteiger charge is 2.11.